The van der Waals surface area contributed by atoms with E-state index >= 15 is 0 Å². The molecule has 2 rings (SSSR count). The molecule has 2 fully saturated rings. The van der Waals surface area contributed by atoms with Crippen LogP contribution in [0.25, 0.3) is 0 Å². The summed E-state index contributed by atoms with van der Waals surface area (Å²) in [5.74, 6) is 0.282. The van der Waals surface area contributed by atoms with E-state index in [2.05, 4.69) is 22.6 Å². The van der Waals surface area contributed by atoms with Crippen molar-refractivity contribution in [3.05, 3.63) is 0 Å². The summed E-state index contributed by atoms with van der Waals surface area (Å²) in [4.78, 5) is 11.0. The summed E-state index contributed by atoms with van der Waals surface area (Å²) >= 11 is 2.40. The summed E-state index contributed by atoms with van der Waals surface area (Å²) in [7, 11) is 0. The minimum atomic E-state index is 0.0455. The summed E-state index contributed by atoms with van der Waals surface area (Å²) in [5, 5.41) is 0. The summed E-state index contributed by atoms with van der Waals surface area (Å²) in [6, 6.07) is 0. The van der Waals surface area contributed by atoms with Crippen LogP contribution in [0.2, 0.25) is 0 Å². The van der Waals surface area contributed by atoms with Gasteiger partial charge in [0, 0.05) is 3.92 Å². The van der Waals surface area contributed by atoms with Gasteiger partial charge in [0.2, 0.25) is 0 Å². The molecule has 2 aliphatic rings. The molecule has 1 saturated heterocycles. The molecule has 2 bridgehead atoms. The van der Waals surface area contributed by atoms with Crippen LogP contribution in [-0.2, 0) is 9.53 Å². The average Bonchev–Trinajstić information content (AvgIpc) is 2.07. The molecule has 0 aromatic carbocycles. The van der Waals surface area contributed by atoms with Gasteiger partial charge < -0.3 is 4.74 Å². The first-order chi connectivity index (χ1) is 4.75. The van der Waals surface area contributed by atoms with Crippen LogP contribution in [0, 0.1) is 5.92 Å². The molecule has 3 unspecified atom stereocenters. The van der Waals surface area contributed by atoms with Crippen molar-refractivity contribution >= 4 is 28.6 Å². The van der Waals surface area contributed by atoms with E-state index in [1.165, 1.54) is 0 Å². The van der Waals surface area contributed by atoms with Crippen molar-refractivity contribution in [1.29, 1.82) is 0 Å². The van der Waals surface area contributed by atoms with Crippen LogP contribution in [0.15, 0.2) is 0 Å². The molecule has 10 heavy (non-hydrogen) atoms. The van der Waals surface area contributed by atoms with Crippen molar-refractivity contribution in [1.82, 2.24) is 0 Å². The van der Waals surface area contributed by atoms with Crippen LogP contribution in [0.3, 0.4) is 0 Å². The first kappa shape index (κ1) is 6.88. The molecule has 0 N–H and O–H groups in total. The Morgan fingerprint density at radius 1 is 1.40 bits per heavy atom. The molecule has 3 atom stereocenters. The predicted molar refractivity (Wildman–Crippen MR) is 45.0 cm³/mol. The van der Waals surface area contributed by atoms with Crippen molar-refractivity contribution in [2.75, 3.05) is 0 Å². The zero-order chi connectivity index (χ0) is 7.14. The molecule has 56 valence electrons. The van der Waals surface area contributed by atoms with Crippen molar-refractivity contribution in [3.8, 4) is 0 Å². The Morgan fingerprint density at radius 3 is 2.90 bits per heavy atom. The van der Waals surface area contributed by atoms with E-state index in [-0.39, 0.29) is 18.0 Å². The molecule has 3 heteroatoms. The summed E-state index contributed by atoms with van der Waals surface area (Å²) in [6.07, 6.45) is 3.35. The van der Waals surface area contributed by atoms with Crippen LogP contribution in [0.1, 0.15) is 19.3 Å². The first-order valence-corrected chi connectivity index (χ1v) is 4.85. The lowest BCUT2D eigenvalue weighted by Crippen LogP contribution is -2.19. The zero-order valence-electron chi connectivity index (χ0n) is 5.55. The van der Waals surface area contributed by atoms with E-state index in [4.69, 9.17) is 4.74 Å². The second-order valence-corrected chi connectivity index (χ2v) is 4.82. The van der Waals surface area contributed by atoms with Gasteiger partial charge in [-0.2, -0.15) is 0 Å². The lowest BCUT2D eigenvalue weighted by molar-refractivity contribution is -0.143. The number of halogens is 1. The highest BCUT2D eigenvalue weighted by molar-refractivity contribution is 14.1. The first-order valence-electron chi connectivity index (χ1n) is 3.60. The van der Waals surface area contributed by atoms with Crippen molar-refractivity contribution < 1.29 is 9.53 Å². The minimum absolute atomic E-state index is 0.0455. The third kappa shape index (κ3) is 1.04. The van der Waals surface area contributed by atoms with E-state index in [0.717, 1.165) is 19.3 Å². The Morgan fingerprint density at radius 2 is 2.20 bits per heavy atom. The highest BCUT2D eigenvalue weighted by Gasteiger charge is 2.40. The lowest BCUT2D eigenvalue weighted by atomic mass is 9.90. The van der Waals surface area contributed by atoms with Crippen LogP contribution in [0.5, 0.6) is 0 Å². The van der Waals surface area contributed by atoms with Gasteiger partial charge >= 0.3 is 5.97 Å². The second kappa shape index (κ2) is 2.36. The number of alkyl halides is 1. The zero-order valence-corrected chi connectivity index (χ0v) is 7.71. The van der Waals surface area contributed by atoms with E-state index in [1.54, 1.807) is 0 Å². The Kier molecular flexibility index (Phi) is 1.62. The number of esters is 1. The number of carbonyl (C=O) groups excluding carboxylic acids is 1. The van der Waals surface area contributed by atoms with Gasteiger partial charge in [0.05, 0.1) is 5.92 Å². The minimum Gasteiger partial charge on any atom is -0.462 e. The van der Waals surface area contributed by atoms with Crippen LogP contribution < -0.4 is 0 Å². The fourth-order valence-corrected chi connectivity index (χ4v) is 2.93. The van der Waals surface area contributed by atoms with Gasteiger partial charge in [-0.25, -0.2) is 0 Å². The SMILES string of the molecule is O=C1OC2CC(I)CC1C2. The number of fused-ring (bicyclic) bond motifs is 2. The number of rotatable bonds is 0. The van der Waals surface area contributed by atoms with Gasteiger partial charge in [0.1, 0.15) is 6.10 Å². The molecule has 0 amide bonds. The summed E-state index contributed by atoms with van der Waals surface area (Å²) in [5.41, 5.74) is 0. The van der Waals surface area contributed by atoms with E-state index in [0.29, 0.717) is 3.92 Å². The Balaban J connectivity index is 2.13. The number of carbonyl (C=O) groups is 1. The second-order valence-electron chi connectivity index (χ2n) is 3.06. The fraction of sp³-hybridized carbons (Fsp3) is 0.857. The van der Waals surface area contributed by atoms with Crippen molar-refractivity contribution in [2.45, 2.75) is 29.3 Å². The number of hydrogen-bond acceptors (Lipinski definition) is 2. The Labute approximate surface area is 73.5 Å². The number of hydrogen-bond donors (Lipinski definition) is 0. The molecule has 0 spiro atoms. The normalized spacial score (nSPS) is 45.3. The van der Waals surface area contributed by atoms with E-state index in [9.17, 15) is 4.79 Å². The van der Waals surface area contributed by atoms with Gasteiger partial charge in [-0.05, 0) is 19.3 Å². The topological polar surface area (TPSA) is 26.3 Å². The number of ether oxygens (including phenoxy) is 1. The smallest absolute Gasteiger partial charge is 0.309 e. The largest absolute Gasteiger partial charge is 0.462 e. The molecular formula is C7H9IO2. The summed E-state index contributed by atoms with van der Waals surface area (Å²) < 4.78 is 5.77. The van der Waals surface area contributed by atoms with E-state index < -0.39 is 0 Å². The fourth-order valence-electron chi connectivity index (χ4n) is 1.75. The highest BCUT2D eigenvalue weighted by Crippen LogP contribution is 2.37. The Bertz CT molecular complexity index is 169. The lowest BCUT2D eigenvalue weighted by Gasteiger charge is -2.18. The molecule has 0 aromatic heterocycles. The standard InChI is InChI=1S/C7H9IO2/c8-5-1-4-2-6(3-5)10-7(4)9/h4-6H,1-3H2. The average molecular weight is 252 g/mol. The van der Waals surface area contributed by atoms with Crippen LogP contribution in [0.4, 0.5) is 0 Å². The monoisotopic (exact) mass is 252 g/mol. The molecule has 1 saturated carbocycles. The maximum absolute atomic E-state index is 11.0. The molecule has 0 aromatic rings. The van der Waals surface area contributed by atoms with Gasteiger partial charge in [-0.3, -0.25) is 4.79 Å². The third-order valence-corrected chi connectivity index (χ3v) is 3.24. The molecule has 1 aliphatic carbocycles. The predicted octanol–water partition coefficient (Wildman–Crippen LogP) is 1.52. The van der Waals surface area contributed by atoms with Crippen molar-refractivity contribution in [2.24, 2.45) is 5.92 Å². The maximum atomic E-state index is 11.0. The molecule has 1 aliphatic heterocycles. The van der Waals surface area contributed by atoms with Crippen LogP contribution in [-0.4, -0.2) is 16.0 Å². The molecule has 1 heterocycles. The quantitative estimate of drug-likeness (QED) is 0.371. The van der Waals surface area contributed by atoms with Crippen LogP contribution >= 0.6 is 22.6 Å². The van der Waals surface area contributed by atoms with Gasteiger partial charge in [0.25, 0.3) is 0 Å². The van der Waals surface area contributed by atoms with Gasteiger partial charge in [-0.15, -0.1) is 0 Å². The molecular weight excluding hydrogens is 243 g/mol. The van der Waals surface area contributed by atoms with E-state index in [1.807, 2.05) is 0 Å². The highest BCUT2D eigenvalue weighted by atomic mass is 127. The summed E-state index contributed by atoms with van der Waals surface area (Å²) in [6.45, 7) is 0. The maximum Gasteiger partial charge on any atom is 0.309 e. The van der Waals surface area contributed by atoms with Crippen molar-refractivity contribution in [3.63, 3.8) is 0 Å². The Hall–Kier alpha value is 0.200. The van der Waals surface area contributed by atoms with Gasteiger partial charge in [-0.1, -0.05) is 22.6 Å². The molecule has 0 radical (unpaired) electrons. The van der Waals surface area contributed by atoms with Gasteiger partial charge in [0.15, 0.2) is 0 Å². The third-order valence-electron chi connectivity index (χ3n) is 2.22. The molecule has 2 nitrogen and oxygen atoms in total.